The molecule has 0 radical (unpaired) electrons. The van der Waals surface area contributed by atoms with Gasteiger partial charge in [0, 0.05) is 0 Å². The molecule has 0 bridgehead atoms. The van der Waals surface area contributed by atoms with Gasteiger partial charge in [-0.3, -0.25) is 4.79 Å². The largest absolute Gasteiger partial charge is 0.480 e. The summed E-state index contributed by atoms with van der Waals surface area (Å²) in [6, 6.07) is 4.17. The molecule has 0 fully saturated rings. The third kappa shape index (κ3) is 3.20. The maximum Gasteiger partial charge on any atom is 0.326 e. The van der Waals surface area contributed by atoms with E-state index < -0.39 is 17.9 Å². The van der Waals surface area contributed by atoms with Crippen LogP contribution in [-0.4, -0.2) is 23.0 Å². The molecule has 1 aromatic rings. The number of aliphatic carboxylic acids is 1. The number of amides is 1. The highest BCUT2D eigenvalue weighted by Gasteiger charge is 2.20. The summed E-state index contributed by atoms with van der Waals surface area (Å²) in [6.45, 7) is 3.48. The van der Waals surface area contributed by atoms with Crippen molar-refractivity contribution in [2.75, 3.05) is 0 Å². The second kappa shape index (κ2) is 5.68. The number of carboxylic acid groups (broad SMARTS) is 1. The van der Waals surface area contributed by atoms with Crippen LogP contribution in [0, 0.1) is 6.92 Å². The van der Waals surface area contributed by atoms with Gasteiger partial charge in [0.2, 0.25) is 0 Å². The summed E-state index contributed by atoms with van der Waals surface area (Å²) in [7, 11) is 0. The Labute approximate surface area is 105 Å². The van der Waals surface area contributed by atoms with Gasteiger partial charge in [-0.05, 0) is 25.0 Å². The van der Waals surface area contributed by atoms with Crippen molar-refractivity contribution in [3.8, 4) is 0 Å². The maximum atomic E-state index is 11.8. The fourth-order valence-corrected chi connectivity index (χ4v) is 1.61. The molecule has 0 aliphatic carbocycles. The molecule has 17 heavy (non-hydrogen) atoms. The summed E-state index contributed by atoms with van der Waals surface area (Å²) in [5, 5.41) is 11.6. The van der Waals surface area contributed by atoms with Crippen molar-refractivity contribution in [2.45, 2.75) is 26.3 Å². The van der Waals surface area contributed by atoms with Gasteiger partial charge >= 0.3 is 5.97 Å². The van der Waals surface area contributed by atoms with E-state index in [1.807, 2.05) is 0 Å². The van der Waals surface area contributed by atoms with Crippen molar-refractivity contribution < 1.29 is 14.7 Å². The average molecular weight is 256 g/mol. The van der Waals surface area contributed by atoms with Crippen LogP contribution in [0.4, 0.5) is 0 Å². The third-order valence-electron chi connectivity index (χ3n) is 2.45. The first-order valence-corrected chi connectivity index (χ1v) is 5.64. The standard InChI is InChI=1S/C12H14ClNO3/c1-3-9(12(16)17)14-11(15)8-6-4-5-7(2)10(8)13/h4-6,9H,3H2,1-2H3,(H,14,15)(H,16,17)/t9-/m1/s1. The summed E-state index contributed by atoms with van der Waals surface area (Å²) >= 11 is 5.99. The van der Waals surface area contributed by atoms with Crippen LogP contribution in [-0.2, 0) is 4.79 Å². The summed E-state index contributed by atoms with van der Waals surface area (Å²) < 4.78 is 0. The fraction of sp³-hybridized carbons (Fsp3) is 0.333. The van der Waals surface area contributed by atoms with E-state index in [9.17, 15) is 9.59 Å². The summed E-state index contributed by atoms with van der Waals surface area (Å²) in [6.07, 6.45) is 0.324. The highest BCUT2D eigenvalue weighted by Crippen LogP contribution is 2.20. The first kappa shape index (κ1) is 13.5. The normalized spacial score (nSPS) is 11.9. The minimum absolute atomic E-state index is 0.298. The second-order valence-electron chi connectivity index (χ2n) is 3.71. The van der Waals surface area contributed by atoms with E-state index in [1.54, 1.807) is 32.0 Å². The monoisotopic (exact) mass is 255 g/mol. The molecular formula is C12H14ClNO3. The molecule has 0 saturated heterocycles. The lowest BCUT2D eigenvalue weighted by molar-refractivity contribution is -0.139. The van der Waals surface area contributed by atoms with Gasteiger partial charge in [-0.15, -0.1) is 0 Å². The molecular weight excluding hydrogens is 242 g/mol. The molecule has 1 atom stereocenters. The van der Waals surface area contributed by atoms with Crippen LogP contribution < -0.4 is 5.32 Å². The third-order valence-corrected chi connectivity index (χ3v) is 2.95. The van der Waals surface area contributed by atoms with Gasteiger partial charge in [0.1, 0.15) is 6.04 Å². The summed E-state index contributed by atoms with van der Waals surface area (Å²) in [4.78, 5) is 22.6. The molecule has 2 N–H and O–H groups in total. The van der Waals surface area contributed by atoms with Crippen LogP contribution in [0.25, 0.3) is 0 Å². The van der Waals surface area contributed by atoms with Crippen LogP contribution in [0.2, 0.25) is 5.02 Å². The van der Waals surface area contributed by atoms with Crippen molar-refractivity contribution in [3.05, 3.63) is 34.3 Å². The Kier molecular flexibility index (Phi) is 4.52. The first-order chi connectivity index (χ1) is 7.97. The van der Waals surface area contributed by atoms with Gasteiger partial charge in [0.05, 0.1) is 10.6 Å². The number of benzene rings is 1. The molecule has 0 spiro atoms. The number of rotatable bonds is 4. The number of nitrogens with one attached hydrogen (secondary N) is 1. The predicted octanol–water partition coefficient (Wildman–Crippen LogP) is 2.24. The topological polar surface area (TPSA) is 66.4 Å². The molecule has 0 saturated carbocycles. The van der Waals surface area contributed by atoms with Crippen LogP contribution >= 0.6 is 11.6 Å². The van der Waals surface area contributed by atoms with Crippen LogP contribution in [0.1, 0.15) is 29.3 Å². The maximum absolute atomic E-state index is 11.8. The molecule has 0 heterocycles. The molecule has 0 aliphatic rings. The SMILES string of the molecule is CC[C@@H](NC(=O)c1cccc(C)c1Cl)C(=O)O. The Bertz CT molecular complexity index is 445. The van der Waals surface area contributed by atoms with Crippen molar-refractivity contribution >= 4 is 23.5 Å². The van der Waals surface area contributed by atoms with Gasteiger partial charge in [0.25, 0.3) is 5.91 Å². The number of hydrogen-bond donors (Lipinski definition) is 2. The Morgan fingerprint density at radius 2 is 2.12 bits per heavy atom. The number of carboxylic acids is 1. The molecule has 0 unspecified atom stereocenters. The van der Waals surface area contributed by atoms with Gasteiger partial charge in [-0.25, -0.2) is 4.79 Å². The molecule has 1 rings (SSSR count). The van der Waals surface area contributed by atoms with E-state index in [4.69, 9.17) is 16.7 Å². The number of carbonyl (C=O) groups is 2. The lowest BCUT2D eigenvalue weighted by Gasteiger charge is -2.13. The molecule has 4 nitrogen and oxygen atoms in total. The molecule has 1 aromatic carbocycles. The van der Waals surface area contributed by atoms with E-state index in [-0.39, 0.29) is 0 Å². The van der Waals surface area contributed by atoms with Gasteiger partial charge < -0.3 is 10.4 Å². The molecule has 92 valence electrons. The smallest absolute Gasteiger partial charge is 0.326 e. The molecule has 5 heteroatoms. The van der Waals surface area contributed by atoms with Gasteiger partial charge in [-0.1, -0.05) is 30.7 Å². The quantitative estimate of drug-likeness (QED) is 0.867. The molecule has 0 aliphatic heterocycles. The van der Waals surface area contributed by atoms with Gasteiger partial charge in [0.15, 0.2) is 0 Å². The van der Waals surface area contributed by atoms with Gasteiger partial charge in [-0.2, -0.15) is 0 Å². The van der Waals surface area contributed by atoms with Crippen LogP contribution in [0.3, 0.4) is 0 Å². The minimum Gasteiger partial charge on any atom is -0.480 e. The predicted molar refractivity (Wildman–Crippen MR) is 65.4 cm³/mol. The zero-order valence-corrected chi connectivity index (χ0v) is 10.4. The van der Waals surface area contributed by atoms with Crippen molar-refractivity contribution in [2.24, 2.45) is 0 Å². The zero-order chi connectivity index (χ0) is 13.0. The number of carbonyl (C=O) groups excluding carboxylic acids is 1. The highest BCUT2D eigenvalue weighted by molar-refractivity contribution is 6.34. The number of halogens is 1. The van der Waals surface area contributed by atoms with Crippen LogP contribution in [0.5, 0.6) is 0 Å². The number of aryl methyl sites for hydroxylation is 1. The highest BCUT2D eigenvalue weighted by atomic mass is 35.5. The van der Waals surface area contributed by atoms with Crippen molar-refractivity contribution in [3.63, 3.8) is 0 Å². The fourth-order valence-electron chi connectivity index (χ4n) is 1.40. The Balaban J connectivity index is 2.90. The Morgan fingerprint density at radius 1 is 1.47 bits per heavy atom. The first-order valence-electron chi connectivity index (χ1n) is 5.26. The van der Waals surface area contributed by atoms with E-state index in [2.05, 4.69) is 5.32 Å². The lowest BCUT2D eigenvalue weighted by atomic mass is 10.1. The average Bonchev–Trinajstić information content (AvgIpc) is 2.28. The van der Waals surface area contributed by atoms with Crippen molar-refractivity contribution in [1.29, 1.82) is 0 Å². The van der Waals surface area contributed by atoms with E-state index >= 15 is 0 Å². The molecule has 0 aromatic heterocycles. The lowest BCUT2D eigenvalue weighted by Crippen LogP contribution is -2.40. The van der Waals surface area contributed by atoms with Crippen molar-refractivity contribution in [1.82, 2.24) is 5.32 Å². The van der Waals surface area contributed by atoms with E-state index in [0.717, 1.165) is 5.56 Å². The molecule has 1 amide bonds. The minimum atomic E-state index is -1.05. The number of hydrogen-bond acceptors (Lipinski definition) is 2. The Morgan fingerprint density at radius 3 is 2.65 bits per heavy atom. The Hall–Kier alpha value is -1.55. The summed E-state index contributed by atoms with van der Waals surface area (Å²) in [5.74, 6) is -1.52. The van der Waals surface area contributed by atoms with E-state index in [1.165, 1.54) is 0 Å². The zero-order valence-electron chi connectivity index (χ0n) is 9.66. The second-order valence-corrected chi connectivity index (χ2v) is 4.09. The summed E-state index contributed by atoms with van der Waals surface area (Å²) in [5.41, 5.74) is 1.08. The van der Waals surface area contributed by atoms with Crippen LogP contribution in [0.15, 0.2) is 18.2 Å². The van der Waals surface area contributed by atoms with E-state index in [0.29, 0.717) is 17.0 Å².